The first-order valence-corrected chi connectivity index (χ1v) is 26.1. The SMILES string of the molecule is CC(=O)C1(C(=O)CCN2C(=O)CC(SCCC(=O)N[C@H](CNC(=O)COCC(=O)Nc3ccc(CCC(=O)N4CCC4=O)cc3)C(=O)NCCOCCOCCC(=O)C(C(C)=O)(C(C)=O)C(C)=O)C2=O)SS1. The summed E-state index contributed by atoms with van der Waals surface area (Å²) in [6.45, 7) is 2.68. The highest BCUT2D eigenvalue weighted by atomic mass is 33.2. The maximum absolute atomic E-state index is 13.3. The summed E-state index contributed by atoms with van der Waals surface area (Å²) in [5.74, 6) is -8.23. The average Bonchev–Trinajstić information content (AvgIpc) is 4.09. The first-order chi connectivity index (χ1) is 34.1. The van der Waals surface area contributed by atoms with Crippen molar-refractivity contribution in [3.05, 3.63) is 29.8 Å². The standard InChI is InChI=1S/C46H58N6O17S3/c1-27(53)45(28(2)54,29(3)55)35(57)13-18-67-20-21-68-19-15-47-43(65)33(50-37(59)14-22-70-34-23-42(64)52(44(34)66)16-11-36(58)46(30(4)56)71-72-46)24-48-38(60)25-69-26-39(61)49-32-8-5-31(6-9-32)7-10-40(62)51-17-12-41(51)63/h5-6,8-9,33-34H,7,10-26H2,1-4H3,(H,47,65)(H,48,60)(H,49,61)(H,50,59)/t33-,34?/m1/s1. The molecule has 392 valence electrons. The second-order valence-electron chi connectivity index (χ2n) is 16.7. The molecule has 0 saturated carbocycles. The number of aryl methyl sites for hydroxylation is 1. The number of rotatable bonds is 34. The smallest absolute Gasteiger partial charge is 0.250 e. The molecule has 3 aliphatic rings. The number of amides is 8. The molecule has 3 heterocycles. The minimum Gasteiger partial charge on any atom is -0.379 e. The van der Waals surface area contributed by atoms with Gasteiger partial charge in [-0.15, -0.1) is 11.8 Å². The van der Waals surface area contributed by atoms with Crippen LogP contribution in [0.15, 0.2) is 24.3 Å². The van der Waals surface area contributed by atoms with Crippen LogP contribution in [0.4, 0.5) is 5.69 Å². The Morgan fingerprint density at radius 2 is 1.39 bits per heavy atom. The van der Waals surface area contributed by atoms with Gasteiger partial charge in [-0.3, -0.25) is 76.9 Å². The van der Waals surface area contributed by atoms with Crippen LogP contribution in [-0.2, 0) is 87.8 Å². The molecular weight excluding hydrogens is 1000 g/mol. The third-order valence-corrected chi connectivity index (χ3v) is 15.8. The Morgan fingerprint density at radius 3 is 1.97 bits per heavy atom. The van der Waals surface area contributed by atoms with E-state index in [0.717, 1.165) is 64.6 Å². The van der Waals surface area contributed by atoms with Gasteiger partial charge >= 0.3 is 0 Å². The zero-order valence-electron chi connectivity index (χ0n) is 40.3. The van der Waals surface area contributed by atoms with Crippen molar-refractivity contribution in [2.75, 3.05) is 76.9 Å². The monoisotopic (exact) mass is 1060 g/mol. The van der Waals surface area contributed by atoms with Crippen LogP contribution < -0.4 is 21.3 Å². The van der Waals surface area contributed by atoms with Crippen molar-refractivity contribution >= 4 is 121 Å². The number of Topliss-reactive ketones (excluding diaryl/α,β-unsaturated/α-hetero) is 6. The van der Waals surface area contributed by atoms with E-state index in [2.05, 4.69) is 21.3 Å². The Balaban J connectivity index is 1.20. The molecule has 72 heavy (non-hydrogen) atoms. The molecule has 4 N–H and O–H groups in total. The summed E-state index contributed by atoms with van der Waals surface area (Å²) in [7, 11) is 2.26. The number of nitrogens with one attached hydrogen (secondary N) is 4. The third kappa shape index (κ3) is 16.4. The summed E-state index contributed by atoms with van der Waals surface area (Å²) in [5.41, 5.74) is -1.12. The lowest BCUT2D eigenvalue weighted by Crippen LogP contribution is -2.53. The van der Waals surface area contributed by atoms with Crippen LogP contribution in [0.5, 0.6) is 0 Å². The first kappa shape index (κ1) is 58.9. The predicted molar refractivity (Wildman–Crippen MR) is 260 cm³/mol. The molecule has 1 unspecified atom stereocenters. The normalized spacial score (nSPS) is 16.3. The van der Waals surface area contributed by atoms with Gasteiger partial charge in [0.2, 0.25) is 52.7 Å². The van der Waals surface area contributed by atoms with Crippen LogP contribution in [0.3, 0.4) is 0 Å². The number of anilines is 1. The van der Waals surface area contributed by atoms with Crippen molar-refractivity contribution in [1.29, 1.82) is 0 Å². The summed E-state index contributed by atoms with van der Waals surface area (Å²) >= 11 is 1.04. The van der Waals surface area contributed by atoms with Crippen LogP contribution in [0.1, 0.15) is 71.8 Å². The first-order valence-electron chi connectivity index (χ1n) is 22.9. The van der Waals surface area contributed by atoms with Crippen LogP contribution in [-0.4, -0.2) is 179 Å². The molecule has 23 nitrogen and oxygen atoms in total. The number of ether oxygens (including phenoxy) is 3. The number of carbonyl (C=O) groups is 14. The summed E-state index contributed by atoms with van der Waals surface area (Å²) in [4.78, 5) is 177. The highest BCUT2D eigenvalue weighted by Gasteiger charge is 2.57. The number of imide groups is 2. The van der Waals surface area contributed by atoms with Crippen molar-refractivity contribution in [2.45, 2.75) is 88.0 Å². The Morgan fingerprint density at radius 1 is 0.750 bits per heavy atom. The van der Waals surface area contributed by atoms with Crippen molar-refractivity contribution in [1.82, 2.24) is 25.8 Å². The van der Waals surface area contributed by atoms with Gasteiger partial charge in [0.25, 0.3) is 0 Å². The number of benzene rings is 1. The zero-order valence-corrected chi connectivity index (χ0v) is 42.7. The van der Waals surface area contributed by atoms with Gasteiger partial charge in [0.05, 0.1) is 31.7 Å². The fourth-order valence-electron chi connectivity index (χ4n) is 7.41. The number of thioether (sulfide) groups is 1. The van der Waals surface area contributed by atoms with Crippen LogP contribution in [0.2, 0.25) is 0 Å². The van der Waals surface area contributed by atoms with Crippen LogP contribution in [0.25, 0.3) is 0 Å². The molecule has 3 saturated heterocycles. The molecule has 4 rings (SSSR count). The molecule has 0 bridgehead atoms. The van der Waals surface area contributed by atoms with Gasteiger partial charge in [-0.05, 0) is 51.8 Å². The number of nitrogens with zero attached hydrogens (tertiary/aromatic N) is 2. The minimum absolute atomic E-state index is 0.00353. The topological polar surface area (TPSA) is 321 Å². The van der Waals surface area contributed by atoms with E-state index in [1.165, 1.54) is 11.8 Å². The second kappa shape index (κ2) is 28.0. The molecule has 0 spiro atoms. The highest BCUT2D eigenvalue weighted by molar-refractivity contribution is 8.94. The van der Waals surface area contributed by atoms with Gasteiger partial charge in [0.15, 0.2) is 38.8 Å². The summed E-state index contributed by atoms with van der Waals surface area (Å²) < 4.78 is 14.9. The van der Waals surface area contributed by atoms with E-state index in [1.807, 2.05) is 0 Å². The van der Waals surface area contributed by atoms with Crippen LogP contribution >= 0.6 is 33.3 Å². The number of hydrogen-bond acceptors (Lipinski definition) is 20. The number of hydrogen-bond donors (Lipinski definition) is 4. The molecule has 26 heteroatoms. The largest absolute Gasteiger partial charge is 0.379 e. The molecule has 0 aromatic heterocycles. The van der Waals surface area contributed by atoms with E-state index in [4.69, 9.17) is 14.2 Å². The van der Waals surface area contributed by atoms with E-state index in [-0.39, 0.29) is 101 Å². The summed E-state index contributed by atoms with van der Waals surface area (Å²) in [6, 6.07) is 5.36. The molecule has 0 radical (unpaired) electrons. The fraction of sp³-hybridized carbons (Fsp3) is 0.565. The van der Waals surface area contributed by atoms with E-state index < -0.39 is 99.1 Å². The second-order valence-corrected chi connectivity index (χ2v) is 20.8. The lowest BCUT2D eigenvalue weighted by molar-refractivity contribution is -0.155. The number of β-lactam (4-membered cyclic amide) rings is 1. The van der Waals surface area contributed by atoms with E-state index in [9.17, 15) is 67.1 Å². The van der Waals surface area contributed by atoms with Gasteiger partial charge < -0.3 is 35.5 Å². The van der Waals surface area contributed by atoms with E-state index in [0.29, 0.717) is 25.1 Å². The highest BCUT2D eigenvalue weighted by Crippen LogP contribution is 2.66. The molecule has 8 amide bonds. The Hall–Kier alpha value is -5.67. The molecule has 2 atom stereocenters. The van der Waals surface area contributed by atoms with Crippen molar-refractivity contribution in [3.63, 3.8) is 0 Å². The van der Waals surface area contributed by atoms with Gasteiger partial charge in [0, 0.05) is 76.1 Å². The number of carbonyl (C=O) groups excluding carboxylic acids is 14. The summed E-state index contributed by atoms with van der Waals surface area (Å²) in [5, 5.41) is 9.39. The lowest BCUT2D eigenvalue weighted by atomic mass is 9.72. The quantitative estimate of drug-likeness (QED) is 0.0172. The van der Waals surface area contributed by atoms with Crippen molar-refractivity contribution < 1.29 is 81.3 Å². The van der Waals surface area contributed by atoms with Gasteiger partial charge in [-0.25, -0.2) is 0 Å². The van der Waals surface area contributed by atoms with Crippen LogP contribution in [0, 0.1) is 5.41 Å². The van der Waals surface area contributed by atoms with Crippen molar-refractivity contribution in [2.24, 2.45) is 5.41 Å². The molecule has 1 aromatic carbocycles. The van der Waals surface area contributed by atoms with Gasteiger partial charge in [-0.1, -0.05) is 33.7 Å². The molecular formula is C46H58N6O17S3. The maximum Gasteiger partial charge on any atom is 0.250 e. The maximum atomic E-state index is 13.3. The predicted octanol–water partition coefficient (Wildman–Crippen LogP) is -0.313. The lowest BCUT2D eigenvalue weighted by Gasteiger charge is -2.28. The number of likely N-dealkylation sites (tertiary alicyclic amines) is 2. The third-order valence-electron chi connectivity index (χ3n) is 11.5. The van der Waals surface area contributed by atoms with E-state index in [1.54, 1.807) is 24.3 Å². The minimum atomic E-state index is -2.37. The fourth-order valence-corrected chi connectivity index (χ4v) is 10.7. The molecule has 1 aromatic rings. The molecule has 0 aliphatic carbocycles. The van der Waals surface area contributed by atoms with Crippen molar-refractivity contribution in [3.8, 4) is 0 Å². The molecule has 3 aliphatic heterocycles. The van der Waals surface area contributed by atoms with Gasteiger partial charge in [-0.2, -0.15) is 0 Å². The Kier molecular flexibility index (Phi) is 22.9. The van der Waals surface area contributed by atoms with E-state index >= 15 is 0 Å². The Bertz CT molecular complexity index is 2270. The van der Waals surface area contributed by atoms with Gasteiger partial charge in [0.1, 0.15) is 19.3 Å². The zero-order chi connectivity index (χ0) is 53.2. The Labute approximate surface area is 426 Å². The summed E-state index contributed by atoms with van der Waals surface area (Å²) in [6.07, 6.45) is 0.0296. The average molecular weight is 1060 g/mol. The molecule has 3 fully saturated rings. The number of ketones is 6.